The van der Waals surface area contributed by atoms with E-state index in [1.807, 2.05) is 17.0 Å². The summed E-state index contributed by atoms with van der Waals surface area (Å²) in [5.74, 6) is 0.0841. The van der Waals surface area contributed by atoms with Gasteiger partial charge in [0.1, 0.15) is 5.52 Å². The van der Waals surface area contributed by atoms with Crippen LogP contribution in [-0.2, 0) is 0 Å². The number of para-hydroxylation sites is 1. The molecule has 0 radical (unpaired) electrons. The number of fused-ring (bicyclic) bond motifs is 1. The quantitative estimate of drug-likeness (QED) is 0.856. The number of hydrogen-bond donors (Lipinski definition) is 1. The zero-order chi connectivity index (χ0) is 14.8. The van der Waals surface area contributed by atoms with Crippen molar-refractivity contribution in [3.63, 3.8) is 0 Å². The Hall–Kier alpha value is -2.08. The third-order valence-electron chi connectivity index (χ3n) is 3.84. The van der Waals surface area contributed by atoms with Gasteiger partial charge >= 0.3 is 0 Å². The lowest BCUT2D eigenvalue weighted by molar-refractivity contribution is 0.0705. The highest BCUT2D eigenvalue weighted by atomic mass is 32.1. The SMILES string of the molecule is NC(=S)C1CCCN(C(=O)c2cccc3nccnc23)C1. The molecular formula is C15H16N4OS. The Morgan fingerprint density at radius 3 is 2.95 bits per heavy atom. The zero-order valence-corrected chi connectivity index (χ0v) is 12.3. The molecule has 21 heavy (non-hydrogen) atoms. The van der Waals surface area contributed by atoms with E-state index in [0.29, 0.717) is 22.6 Å². The Morgan fingerprint density at radius 2 is 2.14 bits per heavy atom. The van der Waals surface area contributed by atoms with Gasteiger partial charge in [-0.15, -0.1) is 0 Å². The Morgan fingerprint density at radius 1 is 1.33 bits per heavy atom. The largest absolute Gasteiger partial charge is 0.393 e. The van der Waals surface area contributed by atoms with E-state index >= 15 is 0 Å². The summed E-state index contributed by atoms with van der Waals surface area (Å²) in [4.78, 5) is 23.6. The summed E-state index contributed by atoms with van der Waals surface area (Å²) >= 11 is 5.07. The molecule has 1 aliphatic heterocycles. The van der Waals surface area contributed by atoms with E-state index in [0.717, 1.165) is 24.9 Å². The molecule has 0 aliphatic carbocycles. The standard InChI is InChI=1S/C15H16N4OS/c16-14(21)10-3-2-8-19(9-10)15(20)11-4-1-5-12-13(11)18-7-6-17-12/h1,4-7,10H,2-3,8-9H2,(H2,16,21). The molecule has 6 heteroatoms. The molecule has 1 aromatic heterocycles. The maximum Gasteiger partial charge on any atom is 0.256 e. The van der Waals surface area contributed by atoms with Crippen molar-refractivity contribution in [3.8, 4) is 0 Å². The van der Waals surface area contributed by atoms with Crippen molar-refractivity contribution >= 4 is 34.1 Å². The second-order valence-corrected chi connectivity index (χ2v) is 5.69. The number of hydrogen-bond acceptors (Lipinski definition) is 4. The normalized spacial score (nSPS) is 18.7. The van der Waals surface area contributed by atoms with Crippen LogP contribution in [0, 0.1) is 5.92 Å². The molecule has 1 aliphatic rings. The lowest BCUT2D eigenvalue weighted by atomic mass is 9.97. The molecule has 2 heterocycles. The number of nitrogens with zero attached hydrogens (tertiary/aromatic N) is 3. The van der Waals surface area contributed by atoms with Crippen LogP contribution in [0.1, 0.15) is 23.2 Å². The van der Waals surface area contributed by atoms with Crippen molar-refractivity contribution in [1.29, 1.82) is 0 Å². The van der Waals surface area contributed by atoms with Crippen molar-refractivity contribution in [2.75, 3.05) is 13.1 Å². The molecule has 1 aromatic carbocycles. The Labute approximate surface area is 128 Å². The number of likely N-dealkylation sites (tertiary alicyclic amines) is 1. The van der Waals surface area contributed by atoms with Gasteiger partial charge in [-0.2, -0.15) is 0 Å². The Bertz CT molecular complexity index is 698. The smallest absolute Gasteiger partial charge is 0.256 e. The van der Waals surface area contributed by atoms with Crippen molar-refractivity contribution < 1.29 is 4.79 Å². The van der Waals surface area contributed by atoms with E-state index in [9.17, 15) is 4.79 Å². The average molecular weight is 300 g/mol. The van der Waals surface area contributed by atoms with Crippen LogP contribution < -0.4 is 5.73 Å². The maximum atomic E-state index is 12.8. The number of aromatic nitrogens is 2. The van der Waals surface area contributed by atoms with Crippen LogP contribution in [-0.4, -0.2) is 38.9 Å². The van der Waals surface area contributed by atoms with Gasteiger partial charge in [-0.05, 0) is 25.0 Å². The van der Waals surface area contributed by atoms with Crippen molar-refractivity contribution in [2.24, 2.45) is 11.7 Å². The molecule has 1 unspecified atom stereocenters. The Kier molecular flexibility index (Phi) is 3.79. The van der Waals surface area contributed by atoms with E-state index in [2.05, 4.69) is 9.97 Å². The monoisotopic (exact) mass is 300 g/mol. The number of carbonyl (C=O) groups is 1. The number of benzene rings is 1. The Balaban J connectivity index is 1.92. The summed E-state index contributed by atoms with van der Waals surface area (Å²) in [6.45, 7) is 1.32. The second kappa shape index (κ2) is 5.73. The molecule has 1 amide bonds. The fraction of sp³-hybridized carbons (Fsp3) is 0.333. The van der Waals surface area contributed by atoms with Crippen LogP contribution >= 0.6 is 12.2 Å². The summed E-state index contributed by atoms with van der Waals surface area (Å²) in [6.07, 6.45) is 5.10. The second-order valence-electron chi connectivity index (χ2n) is 5.22. The van der Waals surface area contributed by atoms with Gasteiger partial charge in [-0.25, -0.2) is 0 Å². The lowest BCUT2D eigenvalue weighted by Gasteiger charge is -2.32. The number of amides is 1. The minimum absolute atomic E-state index is 0.0259. The average Bonchev–Trinajstić information content (AvgIpc) is 2.53. The molecule has 3 rings (SSSR count). The van der Waals surface area contributed by atoms with Crippen molar-refractivity contribution in [1.82, 2.24) is 14.9 Å². The molecule has 108 valence electrons. The third-order valence-corrected chi connectivity index (χ3v) is 4.17. The van der Waals surface area contributed by atoms with Crippen LogP contribution in [0.15, 0.2) is 30.6 Å². The van der Waals surface area contributed by atoms with Crippen LogP contribution in [0.2, 0.25) is 0 Å². The van der Waals surface area contributed by atoms with E-state index < -0.39 is 0 Å². The first kappa shape index (κ1) is 13.9. The third kappa shape index (κ3) is 2.71. The van der Waals surface area contributed by atoms with Crippen molar-refractivity contribution in [3.05, 3.63) is 36.2 Å². The first-order valence-corrected chi connectivity index (χ1v) is 7.36. The fourth-order valence-electron chi connectivity index (χ4n) is 2.73. The van der Waals surface area contributed by atoms with E-state index in [1.54, 1.807) is 18.5 Å². The van der Waals surface area contributed by atoms with Crippen LogP contribution in [0.4, 0.5) is 0 Å². The molecule has 0 saturated carbocycles. The maximum absolute atomic E-state index is 12.8. The van der Waals surface area contributed by atoms with Gasteiger partial charge in [0, 0.05) is 31.4 Å². The molecule has 5 nitrogen and oxygen atoms in total. The number of nitrogens with two attached hydrogens (primary N) is 1. The van der Waals surface area contributed by atoms with Gasteiger partial charge in [0.25, 0.3) is 5.91 Å². The fourth-order valence-corrected chi connectivity index (χ4v) is 2.92. The van der Waals surface area contributed by atoms with Crippen LogP contribution in [0.25, 0.3) is 11.0 Å². The highest BCUT2D eigenvalue weighted by molar-refractivity contribution is 7.80. The van der Waals surface area contributed by atoms with Gasteiger partial charge in [-0.1, -0.05) is 18.3 Å². The number of piperidine rings is 1. The van der Waals surface area contributed by atoms with E-state index in [1.165, 1.54) is 0 Å². The van der Waals surface area contributed by atoms with E-state index in [4.69, 9.17) is 18.0 Å². The van der Waals surface area contributed by atoms with Gasteiger partial charge in [-0.3, -0.25) is 14.8 Å². The highest BCUT2D eigenvalue weighted by Gasteiger charge is 2.27. The summed E-state index contributed by atoms with van der Waals surface area (Å²) in [5, 5.41) is 0. The first-order valence-electron chi connectivity index (χ1n) is 6.95. The summed E-state index contributed by atoms with van der Waals surface area (Å²) in [5.41, 5.74) is 7.69. The minimum atomic E-state index is -0.0259. The van der Waals surface area contributed by atoms with Gasteiger partial charge in [0.15, 0.2) is 0 Å². The molecule has 1 fully saturated rings. The van der Waals surface area contributed by atoms with Gasteiger partial charge in [0.05, 0.1) is 16.1 Å². The van der Waals surface area contributed by atoms with Gasteiger partial charge < -0.3 is 10.6 Å². The molecule has 1 saturated heterocycles. The molecule has 1 atom stereocenters. The first-order chi connectivity index (χ1) is 10.2. The molecular weight excluding hydrogens is 284 g/mol. The molecule has 2 N–H and O–H groups in total. The lowest BCUT2D eigenvalue weighted by Crippen LogP contribution is -2.43. The number of rotatable bonds is 2. The number of carbonyl (C=O) groups excluding carboxylic acids is 1. The number of thiocarbonyl (C=S) groups is 1. The molecule has 0 bridgehead atoms. The summed E-state index contributed by atoms with van der Waals surface area (Å²) in [7, 11) is 0. The predicted molar refractivity (Wildman–Crippen MR) is 85.0 cm³/mol. The van der Waals surface area contributed by atoms with Crippen LogP contribution in [0.5, 0.6) is 0 Å². The highest BCUT2D eigenvalue weighted by Crippen LogP contribution is 2.21. The summed E-state index contributed by atoms with van der Waals surface area (Å²) < 4.78 is 0. The molecule has 2 aromatic rings. The van der Waals surface area contributed by atoms with Gasteiger partial charge in [0.2, 0.25) is 0 Å². The van der Waals surface area contributed by atoms with E-state index in [-0.39, 0.29) is 11.8 Å². The molecule has 0 spiro atoms. The zero-order valence-electron chi connectivity index (χ0n) is 11.5. The summed E-state index contributed by atoms with van der Waals surface area (Å²) in [6, 6.07) is 5.48. The van der Waals surface area contributed by atoms with Crippen molar-refractivity contribution in [2.45, 2.75) is 12.8 Å². The predicted octanol–water partition coefficient (Wildman–Crippen LogP) is 1.77. The van der Waals surface area contributed by atoms with Crippen LogP contribution in [0.3, 0.4) is 0 Å². The topological polar surface area (TPSA) is 72.1 Å². The minimum Gasteiger partial charge on any atom is -0.393 e.